The lowest BCUT2D eigenvalue weighted by Gasteiger charge is -2.30. The van der Waals surface area contributed by atoms with Gasteiger partial charge in [-0.1, -0.05) is 6.08 Å². The van der Waals surface area contributed by atoms with Gasteiger partial charge < -0.3 is 5.32 Å². The Balaban J connectivity index is 2.14. The van der Waals surface area contributed by atoms with Crippen molar-refractivity contribution in [3.63, 3.8) is 0 Å². The Morgan fingerprint density at radius 3 is 3.07 bits per heavy atom. The Kier molecular flexibility index (Phi) is 2.23. The number of nitro groups is 1. The zero-order chi connectivity index (χ0) is 10.1. The number of Topliss-reactive ketones (excluding diaryl/α,β-unsaturated/α-hetero) is 1. The smallest absolute Gasteiger partial charge is 0.231 e. The zero-order valence-electron chi connectivity index (χ0n) is 7.73. The van der Waals surface area contributed by atoms with Crippen LogP contribution in [-0.2, 0) is 4.79 Å². The number of fused-ring (bicyclic) bond motifs is 1. The SMILES string of the molecule is O=C1CCC=C2NCC([N+](=O)[O-])CC12. The molecule has 1 heterocycles. The van der Waals surface area contributed by atoms with E-state index in [9.17, 15) is 14.9 Å². The summed E-state index contributed by atoms with van der Waals surface area (Å²) in [5.41, 5.74) is 0.902. The molecule has 1 fully saturated rings. The van der Waals surface area contributed by atoms with Crippen molar-refractivity contribution in [1.29, 1.82) is 0 Å². The quantitative estimate of drug-likeness (QED) is 0.489. The van der Waals surface area contributed by atoms with Gasteiger partial charge in [0.2, 0.25) is 6.04 Å². The molecule has 0 bridgehead atoms. The number of carbonyl (C=O) groups excluding carboxylic acids is 1. The second-order valence-corrected chi connectivity index (χ2v) is 3.77. The van der Waals surface area contributed by atoms with Crippen LogP contribution in [0.3, 0.4) is 0 Å². The van der Waals surface area contributed by atoms with Gasteiger partial charge in [0, 0.05) is 23.5 Å². The van der Waals surface area contributed by atoms with Gasteiger partial charge in [-0.05, 0) is 6.42 Å². The van der Waals surface area contributed by atoms with Crippen LogP contribution in [0, 0.1) is 16.0 Å². The molecule has 0 radical (unpaired) electrons. The van der Waals surface area contributed by atoms with Crippen LogP contribution in [0.4, 0.5) is 0 Å². The van der Waals surface area contributed by atoms with Crippen LogP contribution in [0.15, 0.2) is 11.8 Å². The maximum absolute atomic E-state index is 11.5. The minimum atomic E-state index is -0.612. The van der Waals surface area contributed by atoms with E-state index >= 15 is 0 Å². The number of hydrogen-bond acceptors (Lipinski definition) is 4. The van der Waals surface area contributed by atoms with E-state index in [4.69, 9.17) is 0 Å². The fraction of sp³-hybridized carbons (Fsp3) is 0.667. The highest BCUT2D eigenvalue weighted by molar-refractivity contribution is 5.85. The minimum Gasteiger partial charge on any atom is -0.381 e. The summed E-state index contributed by atoms with van der Waals surface area (Å²) in [6, 6.07) is -0.612. The van der Waals surface area contributed by atoms with Crippen molar-refractivity contribution in [2.45, 2.75) is 25.3 Å². The molecule has 5 nitrogen and oxygen atoms in total. The first-order valence-corrected chi connectivity index (χ1v) is 4.78. The molecule has 76 valence electrons. The number of hydrogen-bond donors (Lipinski definition) is 1. The van der Waals surface area contributed by atoms with Crippen molar-refractivity contribution in [2.75, 3.05) is 6.54 Å². The summed E-state index contributed by atoms with van der Waals surface area (Å²) >= 11 is 0. The molecule has 2 rings (SSSR count). The van der Waals surface area contributed by atoms with Gasteiger partial charge in [-0.15, -0.1) is 0 Å². The predicted octanol–water partition coefficient (Wildman–Crippen LogP) is 0.488. The highest BCUT2D eigenvalue weighted by Gasteiger charge is 2.37. The number of piperidine rings is 1. The molecule has 1 aliphatic carbocycles. The van der Waals surface area contributed by atoms with Crippen molar-refractivity contribution in [1.82, 2.24) is 5.32 Å². The molecule has 2 atom stereocenters. The summed E-state index contributed by atoms with van der Waals surface area (Å²) in [4.78, 5) is 21.8. The summed E-state index contributed by atoms with van der Waals surface area (Å²) in [6.07, 6.45) is 3.65. The molecule has 2 aliphatic rings. The van der Waals surface area contributed by atoms with Gasteiger partial charge in [0.05, 0.1) is 12.5 Å². The van der Waals surface area contributed by atoms with Gasteiger partial charge in [-0.2, -0.15) is 0 Å². The fourth-order valence-corrected chi connectivity index (χ4v) is 2.07. The van der Waals surface area contributed by atoms with E-state index in [1.165, 1.54) is 0 Å². The Morgan fingerprint density at radius 2 is 2.36 bits per heavy atom. The average molecular weight is 196 g/mol. The normalized spacial score (nSPS) is 31.4. The molecule has 0 spiro atoms. The van der Waals surface area contributed by atoms with Crippen LogP contribution in [0.25, 0.3) is 0 Å². The van der Waals surface area contributed by atoms with Crippen LogP contribution < -0.4 is 5.32 Å². The highest BCUT2D eigenvalue weighted by Crippen LogP contribution is 2.27. The van der Waals surface area contributed by atoms with Gasteiger partial charge in [0.15, 0.2) is 0 Å². The van der Waals surface area contributed by atoms with Gasteiger partial charge in [-0.3, -0.25) is 14.9 Å². The molecule has 0 aromatic heterocycles. The van der Waals surface area contributed by atoms with E-state index < -0.39 is 6.04 Å². The number of allylic oxidation sites excluding steroid dienone is 2. The predicted molar refractivity (Wildman–Crippen MR) is 49.2 cm³/mol. The van der Waals surface area contributed by atoms with E-state index in [1.54, 1.807) is 0 Å². The summed E-state index contributed by atoms with van der Waals surface area (Å²) in [6.45, 7) is 0.350. The molecule has 1 aliphatic heterocycles. The molecule has 0 aromatic carbocycles. The third-order valence-electron chi connectivity index (χ3n) is 2.87. The maximum atomic E-state index is 11.5. The Bertz CT molecular complexity index is 311. The molecule has 1 saturated heterocycles. The van der Waals surface area contributed by atoms with Crippen LogP contribution in [0.2, 0.25) is 0 Å². The van der Waals surface area contributed by atoms with Crippen molar-refractivity contribution in [3.8, 4) is 0 Å². The van der Waals surface area contributed by atoms with Crippen LogP contribution in [-0.4, -0.2) is 23.3 Å². The first kappa shape index (κ1) is 9.18. The van der Waals surface area contributed by atoms with Crippen molar-refractivity contribution < 1.29 is 9.72 Å². The van der Waals surface area contributed by atoms with Crippen molar-refractivity contribution in [2.24, 2.45) is 5.92 Å². The number of nitrogens with zero attached hydrogens (tertiary/aromatic N) is 1. The maximum Gasteiger partial charge on any atom is 0.231 e. The van der Waals surface area contributed by atoms with Gasteiger partial charge in [0.1, 0.15) is 5.78 Å². The van der Waals surface area contributed by atoms with Gasteiger partial charge in [-0.25, -0.2) is 0 Å². The van der Waals surface area contributed by atoms with Crippen LogP contribution in [0.5, 0.6) is 0 Å². The zero-order valence-corrected chi connectivity index (χ0v) is 7.73. The summed E-state index contributed by atoms with van der Waals surface area (Å²) in [7, 11) is 0. The minimum absolute atomic E-state index is 0.140. The monoisotopic (exact) mass is 196 g/mol. The van der Waals surface area contributed by atoms with E-state index in [0.29, 0.717) is 19.4 Å². The molecule has 5 heteroatoms. The molecule has 2 unspecified atom stereocenters. The van der Waals surface area contributed by atoms with E-state index in [0.717, 1.165) is 12.1 Å². The van der Waals surface area contributed by atoms with Crippen molar-refractivity contribution in [3.05, 3.63) is 21.9 Å². The lowest BCUT2D eigenvalue weighted by atomic mass is 9.83. The van der Waals surface area contributed by atoms with E-state index in [-0.39, 0.29) is 16.6 Å². The molecule has 0 aromatic rings. The summed E-state index contributed by atoms with van der Waals surface area (Å²) in [5.74, 6) is -0.102. The second-order valence-electron chi connectivity index (χ2n) is 3.77. The second kappa shape index (κ2) is 3.40. The largest absolute Gasteiger partial charge is 0.381 e. The first-order valence-electron chi connectivity index (χ1n) is 4.78. The lowest BCUT2D eigenvalue weighted by molar-refractivity contribution is -0.523. The number of nitrogens with one attached hydrogen (secondary N) is 1. The average Bonchev–Trinajstić information content (AvgIpc) is 2.18. The topological polar surface area (TPSA) is 72.2 Å². The van der Waals surface area contributed by atoms with Gasteiger partial charge in [0.25, 0.3) is 0 Å². The fourth-order valence-electron chi connectivity index (χ4n) is 2.07. The van der Waals surface area contributed by atoms with E-state index in [2.05, 4.69) is 5.32 Å². The molecule has 14 heavy (non-hydrogen) atoms. The number of ketones is 1. The third-order valence-corrected chi connectivity index (χ3v) is 2.87. The number of carbonyl (C=O) groups is 1. The molecular weight excluding hydrogens is 184 g/mol. The number of rotatable bonds is 1. The first-order chi connectivity index (χ1) is 6.68. The van der Waals surface area contributed by atoms with Crippen LogP contribution in [0.1, 0.15) is 19.3 Å². The summed E-state index contributed by atoms with van der Waals surface area (Å²) in [5, 5.41) is 13.6. The van der Waals surface area contributed by atoms with Crippen molar-refractivity contribution >= 4 is 5.78 Å². The Morgan fingerprint density at radius 1 is 1.57 bits per heavy atom. The highest BCUT2D eigenvalue weighted by atomic mass is 16.6. The summed E-state index contributed by atoms with van der Waals surface area (Å²) < 4.78 is 0. The van der Waals surface area contributed by atoms with Gasteiger partial charge >= 0.3 is 0 Å². The molecule has 1 N–H and O–H groups in total. The molecule has 0 amide bonds. The Labute approximate surface area is 81.3 Å². The molecule has 0 saturated carbocycles. The van der Waals surface area contributed by atoms with E-state index in [1.807, 2.05) is 6.08 Å². The molecular formula is C9H12N2O3. The standard InChI is InChI=1S/C9H12N2O3/c12-9-3-1-2-8-7(9)4-6(5-10-8)11(13)14/h2,6-7,10H,1,3-5H2. The lowest BCUT2D eigenvalue weighted by Crippen LogP contribution is -2.45. The Hall–Kier alpha value is -1.39. The van der Waals surface area contributed by atoms with Crippen LogP contribution >= 0.6 is 0 Å². The third kappa shape index (κ3) is 1.49.